The molecular formula is C13H8Cl2N2O3. The van der Waals surface area contributed by atoms with Crippen LogP contribution >= 0.6 is 23.2 Å². The third-order valence-electron chi connectivity index (χ3n) is 2.46. The van der Waals surface area contributed by atoms with E-state index in [4.69, 9.17) is 23.2 Å². The minimum absolute atomic E-state index is 0.377. The second-order valence-corrected chi connectivity index (χ2v) is 4.70. The summed E-state index contributed by atoms with van der Waals surface area (Å²) in [5, 5.41) is 20.9. The predicted molar refractivity (Wildman–Crippen MR) is 78.5 cm³/mol. The maximum absolute atomic E-state index is 10.7. The summed E-state index contributed by atoms with van der Waals surface area (Å²) in [5.41, 5.74) is 0.587. The number of halogens is 2. The lowest BCUT2D eigenvalue weighted by Gasteiger charge is -1.99. The van der Waals surface area contributed by atoms with Crippen LogP contribution in [0.15, 0.2) is 41.4 Å². The van der Waals surface area contributed by atoms with Crippen LogP contribution in [0.4, 0.5) is 11.4 Å². The lowest BCUT2D eigenvalue weighted by atomic mass is 10.2. The van der Waals surface area contributed by atoms with Crippen LogP contribution in [-0.2, 0) is 0 Å². The van der Waals surface area contributed by atoms with Crippen molar-refractivity contribution in [2.24, 2.45) is 4.99 Å². The van der Waals surface area contributed by atoms with Crippen LogP contribution in [0, 0.1) is 10.1 Å². The molecule has 2 rings (SSSR count). The van der Waals surface area contributed by atoms with Crippen molar-refractivity contribution in [3.63, 3.8) is 0 Å². The molecule has 0 bridgehead atoms. The monoisotopic (exact) mass is 310 g/mol. The number of aromatic hydroxyl groups is 1. The van der Waals surface area contributed by atoms with Crippen LogP contribution in [0.1, 0.15) is 5.56 Å². The Hall–Kier alpha value is -2.11. The Morgan fingerprint density at radius 2 is 1.95 bits per heavy atom. The van der Waals surface area contributed by atoms with Crippen LogP contribution < -0.4 is 0 Å². The van der Waals surface area contributed by atoms with Gasteiger partial charge in [-0.05, 0) is 35.9 Å². The fourth-order valence-corrected chi connectivity index (χ4v) is 1.95. The molecule has 1 N–H and O–H groups in total. The van der Waals surface area contributed by atoms with Gasteiger partial charge in [-0.15, -0.1) is 0 Å². The first-order valence-corrected chi connectivity index (χ1v) is 6.19. The smallest absolute Gasteiger partial charge is 0.311 e. The van der Waals surface area contributed by atoms with Gasteiger partial charge in [0.05, 0.1) is 15.6 Å². The highest BCUT2D eigenvalue weighted by molar-refractivity contribution is 6.36. The Kier molecular flexibility index (Phi) is 4.22. The van der Waals surface area contributed by atoms with Gasteiger partial charge in [0.1, 0.15) is 0 Å². The molecule has 0 aromatic heterocycles. The third-order valence-corrected chi connectivity index (χ3v) is 3.00. The number of benzene rings is 2. The van der Waals surface area contributed by atoms with Gasteiger partial charge in [0.15, 0.2) is 5.75 Å². The molecule has 0 aliphatic carbocycles. The zero-order valence-electron chi connectivity index (χ0n) is 9.96. The molecule has 0 atom stereocenters. The zero-order chi connectivity index (χ0) is 14.7. The molecule has 0 saturated heterocycles. The van der Waals surface area contributed by atoms with E-state index in [9.17, 15) is 15.2 Å². The molecule has 0 aliphatic rings. The highest BCUT2D eigenvalue weighted by atomic mass is 35.5. The van der Waals surface area contributed by atoms with Crippen LogP contribution in [0.5, 0.6) is 5.75 Å². The Morgan fingerprint density at radius 3 is 2.60 bits per heavy atom. The van der Waals surface area contributed by atoms with E-state index in [1.165, 1.54) is 24.4 Å². The van der Waals surface area contributed by atoms with E-state index in [2.05, 4.69) is 4.99 Å². The Labute approximate surface area is 124 Å². The molecule has 0 radical (unpaired) electrons. The molecule has 0 saturated carbocycles. The van der Waals surface area contributed by atoms with Gasteiger partial charge in [-0.3, -0.25) is 15.1 Å². The van der Waals surface area contributed by atoms with Crippen molar-refractivity contribution in [1.82, 2.24) is 0 Å². The number of hydrogen-bond acceptors (Lipinski definition) is 4. The van der Waals surface area contributed by atoms with Crippen LogP contribution in [0.2, 0.25) is 10.0 Å². The number of aliphatic imine (C=N–C) groups is 1. The van der Waals surface area contributed by atoms with Crippen molar-refractivity contribution in [2.75, 3.05) is 0 Å². The molecular weight excluding hydrogens is 303 g/mol. The minimum atomic E-state index is -0.665. The van der Waals surface area contributed by atoms with Gasteiger partial charge in [0.2, 0.25) is 0 Å². The van der Waals surface area contributed by atoms with Crippen LogP contribution in [0.3, 0.4) is 0 Å². The van der Waals surface area contributed by atoms with Crippen molar-refractivity contribution in [3.05, 3.63) is 62.1 Å². The normalized spacial score (nSPS) is 10.9. The quantitative estimate of drug-likeness (QED) is 0.520. The number of nitro benzene ring substituents is 1. The summed E-state index contributed by atoms with van der Waals surface area (Å²) in [5.74, 6) is -0.392. The van der Waals surface area contributed by atoms with E-state index in [-0.39, 0.29) is 5.69 Å². The van der Waals surface area contributed by atoms with E-state index in [0.29, 0.717) is 21.3 Å². The highest BCUT2D eigenvalue weighted by Crippen LogP contribution is 2.29. The maximum atomic E-state index is 10.7. The molecule has 7 heteroatoms. The van der Waals surface area contributed by atoms with Crippen molar-refractivity contribution >= 4 is 40.8 Å². The number of phenolic OH excluding ortho intramolecular Hbond substituents is 1. The first-order chi connectivity index (χ1) is 9.47. The van der Waals surface area contributed by atoms with E-state index < -0.39 is 10.7 Å². The Bertz CT molecular complexity index is 702. The summed E-state index contributed by atoms with van der Waals surface area (Å²) in [6.45, 7) is 0. The summed E-state index contributed by atoms with van der Waals surface area (Å²) in [7, 11) is 0. The number of hydrogen-bond donors (Lipinski definition) is 1. The van der Waals surface area contributed by atoms with Crippen molar-refractivity contribution < 1.29 is 10.0 Å². The van der Waals surface area contributed by atoms with E-state index in [1.54, 1.807) is 18.2 Å². The molecule has 2 aromatic carbocycles. The van der Waals surface area contributed by atoms with E-state index in [0.717, 1.165) is 0 Å². The minimum Gasteiger partial charge on any atom is -0.502 e. The largest absolute Gasteiger partial charge is 0.502 e. The molecule has 0 amide bonds. The zero-order valence-corrected chi connectivity index (χ0v) is 11.5. The molecule has 20 heavy (non-hydrogen) atoms. The van der Waals surface area contributed by atoms with E-state index >= 15 is 0 Å². The lowest BCUT2D eigenvalue weighted by molar-refractivity contribution is -0.385. The second-order valence-electron chi connectivity index (χ2n) is 3.86. The lowest BCUT2D eigenvalue weighted by Crippen LogP contribution is -1.90. The average molecular weight is 311 g/mol. The van der Waals surface area contributed by atoms with Gasteiger partial charge in [-0.25, -0.2) is 0 Å². The SMILES string of the molecule is O=[N+]([O-])c1cc(C=Nc2ccc(Cl)cc2Cl)ccc1O. The first kappa shape index (κ1) is 14.3. The summed E-state index contributed by atoms with van der Waals surface area (Å²) < 4.78 is 0. The average Bonchev–Trinajstić information content (AvgIpc) is 2.39. The third kappa shape index (κ3) is 3.26. The highest BCUT2D eigenvalue weighted by Gasteiger charge is 2.12. The summed E-state index contributed by atoms with van der Waals surface area (Å²) in [4.78, 5) is 14.2. The standard InChI is InChI=1S/C13H8Cl2N2O3/c14-9-2-3-11(10(15)6-9)16-7-8-1-4-13(18)12(5-8)17(19)20/h1-7,18H. The number of phenols is 1. The van der Waals surface area contributed by atoms with Gasteiger partial charge in [0, 0.05) is 17.3 Å². The molecule has 0 fully saturated rings. The molecule has 0 heterocycles. The second kappa shape index (κ2) is 5.90. The topological polar surface area (TPSA) is 75.7 Å². The Morgan fingerprint density at radius 1 is 1.20 bits per heavy atom. The van der Waals surface area contributed by atoms with Gasteiger partial charge in [-0.1, -0.05) is 23.2 Å². The maximum Gasteiger partial charge on any atom is 0.311 e. The first-order valence-electron chi connectivity index (χ1n) is 5.44. The molecule has 0 spiro atoms. The van der Waals surface area contributed by atoms with Crippen LogP contribution in [-0.4, -0.2) is 16.2 Å². The number of nitrogens with zero attached hydrogens (tertiary/aromatic N) is 2. The van der Waals surface area contributed by atoms with Crippen molar-refractivity contribution in [1.29, 1.82) is 0 Å². The van der Waals surface area contributed by atoms with Crippen molar-refractivity contribution in [2.45, 2.75) is 0 Å². The molecule has 0 aliphatic heterocycles. The molecule has 2 aromatic rings. The van der Waals surface area contributed by atoms with Gasteiger partial charge in [0.25, 0.3) is 0 Å². The molecule has 102 valence electrons. The Balaban J connectivity index is 2.32. The van der Waals surface area contributed by atoms with E-state index in [1.807, 2.05) is 0 Å². The van der Waals surface area contributed by atoms with Gasteiger partial charge < -0.3 is 5.11 Å². The summed E-state index contributed by atoms with van der Waals surface area (Å²) >= 11 is 11.7. The number of nitro groups is 1. The summed E-state index contributed by atoms with van der Waals surface area (Å²) in [6, 6.07) is 8.80. The fraction of sp³-hybridized carbons (Fsp3) is 0. The summed E-state index contributed by atoms with van der Waals surface area (Å²) in [6.07, 6.45) is 1.42. The van der Waals surface area contributed by atoms with Gasteiger partial charge >= 0.3 is 5.69 Å². The molecule has 5 nitrogen and oxygen atoms in total. The number of rotatable bonds is 3. The van der Waals surface area contributed by atoms with Crippen molar-refractivity contribution in [3.8, 4) is 5.75 Å². The van der Waals surface area contributed by atoms with Crippen LogP contribution in [0.25, 0.3) is 0 Å². The predicted octanol–water partition coefficient (Wildman–Crippen LogP) is 4.36. The van der Waals surface area contributed by atoms with Gasteiger partial charge in [-0.2, -0.15) is 0 Å². The fourth-order valence-electron chi connectivity index (χ4n) is 1.50. The molecule has 0 unspecified atom stereocenters.